The molecule has 1 N–H and O–H groups in total. The molecule has 1 aliphatic heterocycles. The van der Waals surface area contributed by atoms with Crippen LogP contribution in [0.4, 0.5) is 17.1 Å². The van der Waals surface area contributed by atoms with E-state index in [0.717, 1.165) is 18.5 Å². The summed E-state index contributed by atoms with van der Waals surface area (Å²) >= 11 is 0. The summed E-state index contributed by atoms with van der Waals surface area (Å²) in [6, 6.07) is 28.9. The van der Waals surface area contributed by atoms with Crippen molar-refractivity contribution in [2.24, 2.45) is 0 Å². The van der Waals surface area contributed by atoms with Gasteiger partial charge in [0.15, 0.2) is 0 Å². The average Bonchev–Trinajstić information content (AvgIpc) is 3.39. The largest absolute Gasteiger partial charge is 0.310 e. The minimum atomic E-state index is 0.261. The number of hydrogen-bond donors (Lipinski definition) is 1. The highest BCUT2D eigenvalue weighted by Crippen LogP contribution is 2.59. The summed E-state index contributed by atoms with van der Waals surface area (Å²) in [4.78, 5) is 7.23. The zero-order valence-electron chi connectivity index (χ0n) is 24.0. The third kappa shape index (κ3) is 5.41. The van der Waals surface area contributed by atoms with Gasteiger partial charge in [0.2, 0.25) is 0 Å². The van der Waals surface area contributed by atoms with Crippen LogP contribution in [0.1, 0.15) is 80.0 Å². The van der Waals surface area contributed by atoms with E-state index < -0.39 is 0 Å². The molecule has 1 aromatic heterocycles. The molecule has 0 unspecified atom stereocenters. The second-order valence-corrected chi connectivity index (χ2v) is 11.2. The highest BCUT2D eigenvalue weighted by molar-refractivity contribution is 5.94. The van der Waals surface area contributed by atoms with Crippen LogP contribution >= 0.6 is 0 Å². The van der Waals surface area contributed by atoms with Crippen LogP contribution in [0.15, 0.2) is 103 Å². The topological polar surface area (TPSA) is 40.0 Å². The van der Waals surface area contributed by atoms with Gasteiger partial charge in [-0.2, -0.15) is 0 Å². The molecule has 2 aliphatic rings. The molecule has 6 rings (SSSR count). The van der Waals surface area contributed by atoms with Crippen molar-refractivity contribution in [2.45, 2.75) is 64.2 Å². The van der Waals surface area contributed by atoms with E-state index in [0.29, 0.717) is 0 Å². The number of rotatable bonds is 11. The lowest BCUT2D eigenvalue weighted by Gasteiger charge is -2.37. The van der Waals surface area contributed by atoms with Crippen LogP contribution in [0.25, 0.3) is 16.8 Å². The minimum Gasteiger partial charge on any atom is -0.310 e. The quantitative estimate of drug-likeness (QED) is 0.153. The van der Waals surface area contributed by atoms with E-state index in [1.807, 2.05) is 18.3 Å². The normalized spacial score (nSPS) is 16.3. The highest BCUT2D eigenvalue weighted by atomic mass is 15.2. The highest BCUT2D eigenvalue weighted by Gasteiger charge is 2.39. The Balaban J connectivity index is 1.41. The molecule has 0 fully saturated rings. The first-order valence-electron chi connectivity index (χ1n) is 15.2. The molecule has 41 heavy (non-hydrogen) atoms. The van der Waals surface area contributed by atoms with E-state index in [-0.39, 0.29) is 5.92 Å². The van der Waals surface area contributed by atoms with Gasteiger partial charge < -0.3 is 10.3 Å². The number of allylic oxidation sites excluding steroid dienone is 4. The van der Waals surface area contributed by atoms with Crippen LogP contribution in [0.3, 0.4) is 0 Å². The third-order valence-corrected chi connectivity index (χ3v) is 8.57. The van der Waals surface area contributed by atoms with Gasteiger partial charge in [0.25, 0.3) is 0 Å². The van der Waals surface area contributed by atoms with Gasteiger partial charge in [-0.05, 0) is 89.6 Å². The Morgan fingerprint density at radius 2 is 1.51 bits per heavy atom. The molecule has 0 bridgehead atoms. The number of nitrogens with zero attached hydrogens (tertiary/aromatic N) is 2. The molecule has 1 aliphatic carbocycles. The van der Waals surface area contributed by atoms with Gasteiger partial charge in [0, 0.05) is 29.6 Å². The van der Waals surface area contributed by atoms with Crippen molar-refractivity contribution in [1.29, 1.82) is 5.41 Å². The van der Waals surface area contributed by atoms with Gasteiger partial charge in [0.05, 0.1) is 17.1 Å². The fourth-order valence-electron chi connectivity index (χ4n) is 6.65. The Hall–Kier alpha value is -4.24. The summed E-state index contributed by atoms with van der Waals surface area (Å²) in [6.45, 7) is 2.28. The van der Waals surface area contributed by atoms with Crippen LogP contribution in [-0.2, 0) is 6.42 Å². The van der Waals surface area contributed by atoms with Crippen LogP contribution < -0.4 is 4.90 Å². The predicted molar refractivity (Wildman–Crippen MR) is 174 cm³/mol. The molecule has 2 heterocycles. The summed E-state index contributed by atoms with van der Waals surface area (Å²) in [5.74, 6) is 0.261. The van der Waals surface area contributed by atoms with E-state index in [4.69, 9.17) is 10.4 Å². The zero-order valence-corrected chi connectivity index (χ0v) is 24.0. The Kier molecular flexibility index (Phi) is 8.23. The smallest absolute Gasteiger partial charge is 0.0705 e. The fourth-order valence-corrected chi connectivity index (χ4v) is 6.65. The molecule has 4 aromatic rings. The lowest BCUT2D eigenvalue weighted by atomic mass is 9.82. The van der Waals surface area contributed by atoms with Crippen molar-refractivity contribution in [1.82, 2.24) is 4.98 Å². The molecule has 3 aromatic carbocycles. The van der Waals surface area contributed by atoms with Crippen molar-refractivity contribution in [3.63, 3.8) is 0 Å². The van der Waals surface area contributed by atoms with Gasteiger partial charge in [-0.25, -0.2) is 0 Å². The van der Waals surface area contributed by atoms with E-state index >= 15 is 0 Å². The summed E-state index contributed by atoms with van der Waals surface area (Å²) in [5.41, 5.74) is 12.7. The zero-order chi connectivity index (χ0) is 28.0. The van der Waals surface area contributed by atoms with Gasteiger partial charge in [-0.3, -0.25) is 4.98 Å². The molecule has 206 valence electrons. The van der Waals surface area contributed by atoms with Crippen molar-refractivity contribution in [2.75, 3.05) is 4.90 Å². The molecule has 3 nitrogen and oxygen atoms in total. The molecule has 0 radical (unpaired) electrons. The summed E-state index contributed by atoms with van der Waals surface area (Å²) in [5, 5.41) is 7.42. The number of aromatic nitrogens is 1. The van der Waals surface area contributed by atoms with E-state index in [1.54, 1.807) is 6.08 Å². The number of pyridine rings is 1. The van der Waals surface area contributed by atoms with Gasteiger partial charge in [-0.1, -0.05) is 93.6 Å². The van der Waals surface area contributed by atoms with Crippen LogP contribution in [0.2, 0.25) is 0 Å². The van der Waals surface area contributed by atoms with Crippen molar-refractivity contribution < 1.29 is 0 Å². The summed E-state index contributed by atoms with van der Waals surface area (Å²) in [6.07, 6.45) is 19.2. The molecule has 3 heteroatoms. The van der Waals surface area contributed by atoms with Gasteiger partial charge >= 0.3 is 0 Å². The Labute approximate surface area is 244 Å². The second-order valence-electron chi connectivity index (χ2n) is 11.2. The molecule has 0 saturated heterocycles. The maximum Gasteiger partial charge on any atom is 0.0705 e. The number of nitrogens with one attached hydrogen (secondary N) is 1. The first kappa shape index (κ1) is 27.0. The average molecular weight is 538 g/mol. The SMILES string of the molecule is CCCCCCCCc1ccc(N2c3cccc4c3[C@H](C/C4=C\C=C/C=N)c3c(-c4ccccn4)cccc32)cc1. The van der Waals surface area contributed by atoms with E-state index in [9.17, 15) is 0 Å². The number of benzene rings is 3. The fraction of sp³-hybridized carbons (Fsp3) is 0.263. The number of anilines is 3. The third-order valence-electron chi connectivity index (χ3n) is 8.57. The Bertz CT molecular complexity index is 1560. The van der Waals surface area contributed by atoms with Crippen molar-refractivity contribution in [3.05, 3.63) is 126 Å². The number of fused-ring (bicyclic) bond motifs is 2. The number of hydrogen-bond acceptors (Lipinski definition) is 3. The van der Waals surface area contributed by atoms with Crippen LogP contribution in [0, 0.1) is 5.41 Å². The molecule has 0 saturated carbocycles. The number of aryl methyl sites for hydroxylation is 1. The number of unbranched alkanes of at least 4 members (excludes halogenated alkanes) is 5. The Morgan fingerprint density at radius 1 is 0.780 bits per heavy atom. The first-order chi connectivity index (χ1) is 20.3. The summed E-state index contributed by atoms with van der Waals surface area (Å²) < 4.78 is 0. The molecular weight excluding hydrogens is 498 g/mol. The molecular formula is C38H39N3. The standard InChI is InChI=1S/C38H39N3/c1-2-3-4-5-6-7-14-28-21-23-30(24-22-28)41-35-19-12-16-31-29(15-8-10-25-39)27-33(37(31)35)38-32(17-13-20-36(38)41)34-18-9-11-26-40-34/h8-13,15-26,33,39H,2-7,14,27H2,1H3/b10-8-,29-15+,39-25?/t33-/m0/s1. The predicted octanol–water partition coefficient (Wildman–Crippen LogP) is 10.6. The maximum atomic E-state index is 7.42. The van der Waals surface area contributed by atoms with E-state index in [1.165, 1.54) is 95.2 Å². The lowest BCUT2D eigenvalue weighted by Crippen LogP contribution is -2.21. The first-order valence-corrected chi connectivity index (χ1v) is 15.2. The molecule has 0 spiro atoms. The van der Waals surface area contributed by atoms with Crippen LogP contribution in [-0.4, -0.2) is 11.2 Å². The summed E-state index contributed by atoms with van der Waals surface area (Å²) in [7, 11) is 0. The second kappa shape index (κ2) is 12.5. The van der Waals surface area contributed by atoms with Crippen LogP contribution in [0.5, 0.6) is 0 Å². The molecule has 0 amide bonds. The van der Waals surface area contributed by atoms with E-state index in [2.05, 4.69) is 90.7 Å². The van der Waals surface area contributed by atoms with Crippen molar-refractivity contribution in [3.8, 4) is 11.3 Å². The molecule has 1 atom stereocenters. The maximum absolute atomic E-state index is 7.42. The lowest BCUT2D eigenvalue weighted by molar-refractivity contribution is 0.607. The van der Waals surface area contributed by atoms with Gasteiger partial charge in [-0.15, -0.1) is 0 Å². The monoisotopic (exact) mass is 537 g/mol. The van der Waals surface area contributed by atoms with Crippen molar-refractivity contribution >= 4 is 28.8 Å². The van der Waals surface area contributed by atoms with Gasteiger partial charge in [0.1, 0.15) is 0 Å². The minimum absolute atomic E-state index is 0.261. The Morgan fingerprint density at radius 3 is 2.24 bits per heavy atom.